The Labute approximate surface area is 131 Å². The van der Waals surface area contributed by atoms with Gasteiger partial charge in [0.1, 0.15) is 5.75 Å². The second kappa shape index (κ2) is 7.24. The van der Waals surface area contributed by atoms with Gasteiger partial charge in [-0.3, -0.25) is 0 Å². The predicted molar refractivity (Wildman–Crippen MR) is 84.3 cm³/mol. The summed E-state index contributed by atoms with van der Waals surface area (Å²) in [6.45, 7) is 3.43. The van der Waals surface area contributed by atoms with E-state index in [4.69, 9.17) is 21.2 Å². The number of hydrogen-bond acceptors (Lipinski definition) is 5. The summed E-state index contributed by atoms with van der Waals surface area (Å²) in [5, 5.41) is 6.35. The number of ether oxygens (including phenoxy) is 1. The molecule has 2 rings (SSSR count). The Morgan fingerprint density at radius 2 is 2.19 bits per heavy atom. The number of thiophene rings is 1. The number of carbonyl (C=O) groups excluding carboxylic acids is 1. The number of aryl methyl sites for hydroxylation is 1. The van der Waals surface area contributed by atoms with Gasteiger partial charge in [0, 0.05) is 5.02 Å². The van der Waals surface area contributed by atoms with Gasteiger partial charge in [-0.15, -0.1) is 11.3 Å². The molecule has 0 amide bonds. The maximum Gasteiger partial charge on any atom is 0.372 e. The smallest absolute Gasteiger partial charge is 0.372 e. The quantitative estimate of drug-likeness (QED) is 0.473. The first-order valence-corrected chi connectivity index (χ1v) is 7.49. The van der Waals surface area contributed by atoms with Gasteiger partial charge in [0.05, 0.1) is 10.6 Å². The topological polar surface area (TPSA) is 47.9 Å². The lowest BCUT2D eigenvalue weighted by Gasteiger charge is -2.07. The second-order valence-electron chi connectivity index (χ2n) is 4.32. The Bertz CT molecular complexity index is 653. The van der Waals surface area contributed by atoms with E-state index in [0.717, 1.165) is 10.4 Å². The van der Waals surface area contributed by atoms with E-state index >= 15 is 0 Å². The van der Waals surface area contributed by atoms with E-state index in [1.807, 2.05) is 24.4 Å². The Morgan fingerprint density at radius 1 is 1.38 bits per heavy atom. The third kappa shape index (κ3) is 4.58. The van der Waals surface area contributed by atoms with Crippen molar-refractivity contribution in [3.63, 3.8) is 0 Å². The predicted octanol–water partition coefficient (Wildman–Crippen LogP) is 4.06. The van der Waals surface area contributed by atoms with Gasteiger partial charge in [0.15, 0.2) is 6.61 Å². The molecule has 0 fully saturated rings. The van der Waals surface area contributed by atoms with Crippen molar-refractivity contribution in [2.75, 3.05) is 6.61 Å². The molecule has 0 saturated heterocycles. The average molecular weight is 324 g/mol. The Hall–Kier alpha value is -1.85. The zero-order valence-electron chi connectivity index (χ0n) is 11.6. The maximum atomic E-state index is 11.6. The first-order valence-electron chi connectivity index (χ1n) is 6.23. The van der Waals surface area contributed by atoms with Gasteiger partial charge in [-0.1, -0.05) is 22.8 Å². The van der Waals surface area contributed by atoms with Crippen LogP contribution in [0.5, 0.6) is 5.75 Å². The molecule has 21 heavy (non-hydrogen) atoms. The monoisotopic (exact) mass is 323 g/mol. The lowest BCUT2D eigenvalue weighted by atomic mass is 10.2. The van der Waals surface area contributed by atoms with Crippen LogP contribution in [0.2, 0.25) is 5.02 Å². The molecular formula is C15H14ClNO3S. The van der Waals surface area contributed by atoms with Gasteiger partial charge >= 0.3 is 5.97 Å². The van der Waals surface area contributed by atoms with E-state index in [2.05, 4.69) is 5.16 Å². The van der Waals surface area contributed by atoms with Crippen LogP contribution in [-0.4, -0.2) is 18.3 Å². The van der Waals surface area contributed by atoms with Crippen molar-refractivity contribution >= 4 is 34.6 Å². The van der Waals surface area contributed by atoms with Gasteiger partial charge in [-0.05, 0) is 49.1 Å². The van der Waals surface area contributed by atoms with E-state index in [1.165, 1.54) is 11.3 Å². The highest BCUT2D eigenvalue weighted by atomic mass is 35.5. The number of rotatable bonds is 5. The van der Waals surface area contributed by atoms with Crippen LogP contribution in [-0.2, 0) is 9.63 Å². The Kier molecular flexibility index (Phi) is 5.36. The summed E-state index contributed by atoms with van der Waals surface area (Å²) in [5.41, 5.74) is 1.51. The highest BCUT2D eigenvalue weighted by molar-refractivity contribution is 7.12. The molecule has 1 heterocycles. The zero-order chi connectivity index (χ0) is 15.2. The van der Waals surface area contributed by atoms with Crippen molar-refractivity contribution in [3.05, 3.63) is 51.2 Å². The van der Waals surface area contributed by atoms with Crippen LogP contribution in [0.15, 0.2) is 40.9 Å². The molecule has 1 aromatic carbocycles. The third-order valence-electron chi connectivity index (χ3n) is 2.64. The molecule has 0 atom stereocenters. The fourth-order valence-corrected chi connectivity index (χ4v) is 2.48. The minimum atomic E-state index is -0.555. The van der Waals surface area contributed by atoms with Crippen molar-refractivity contribution < 1.29 is 14.4 Å². The minimum Gasteiger partial charge on any atom is -0.482 e. The normalized spacial score (nSPS) is 11.3. The molecule has 6 heteroatoms. The molecule has 0 spiro atoms. The van der Waals surface area contributed by atoms with E-state index in [-0.39, 0.29) is 6.61 Å². The summed E-state index contributed by atoms with van der Waals surface area (Å²) in [7, 11) is 0. The summed E-state index contributed by atoms with van der Waals surface area (Å²) >= 11 is 7.38. The molecule has 2 aromatic rings. The minimum absolute atomic E-state index is 0.205. The van der Waals surface area contributed by atoms with Crippen LogP contribution < -0.4 is 4.74 Å². The molecule has 0 aliphatic heterocycles. The van der Waals surface area contributed by atoms with Gasteiger partial charge < -0.3 is 9.57 Å². The van der Waals surface area contributed by atoms with Crippen LogP contribution in [0.4, 0.5) is 0 Å². The van der Waals surface area contributed by atoms with E-state index in [0.29, 0.717) is 16.5 Å². The molecule has 1 aromatic heterocycles. The molecule has 4 nitrogen and oxygen atoms in total. The Balaban J connectivity index is 1.86. The van der Waals surface area contributed by atoms with Crippen molar-refractivity contribution in [2.24, 2.45) is 5.16 Å². The molecule has 0 radical (unpaired) electrons. The molecule has 0 unspecified atom stereocenters. The fraction of sp³-hybridized carbons (Fsp3) is 0.200. The molecule has 0 N–H and O–H groups in total. The second-order valence-corrected chi connectivity index (χ2v) is 5.70. The van der Waals surface area contributed by atoms with E-state index < -0.39 is 5.97 Å². The third-order valence-corrected chi connectivity index (χ3v) is 3.86. The molecule has 0 saturated carbocycles. The van der Waals surface area contributed by atoms with Crippen LogP contribution >= 0.6 is 22.9 Å². The Morgan fingerprint density at radius 3 is 2.86 bits per heavy atom. The number of halogens is 1. The van der Waals surface area contributed by atoms with Gasteiger partial charge in [0.25, 0.3) is 0 Å². The van der Waals surface area contributed by atoms with Crippen LogP contribution in [0, 0.1) is 6.92 Å². The average Bonchev–Trinajstić information content (AvgIpc) is 2.98. The number of benzene rings is 1. The lowest BCUT2D eigenvalue weighted by molar-refractivity contribution is -0.146. The first-order chi connectivity index (χ1) is 10.1. The van der Waals surface area contributed by atoms with E-state index in [1.54, 1.807) is 25.1 Å². The molecule has 0 bridgehead atoms. The van der Waals surface area contributed by atoms with Crippen molar-refractivity contribution in [1.82, 2.24) is 0 Å². The summed E-state index contributed by atoms with van der Waals surface area (Å²) in [5.74, 6) is 0.0376. The number of hydrogen-bond donors (Lipinski definition) is 0. The number of nitrogens with zero attached hydrogens (tertiary/aromatic N) is 1. The van der Waals surface area contributed by atoms with Crippen molar-refractivity contribution in [1.29, 1.82) is 0 Å². The van der Waals surface area contributed by atoms with Crippen LogP contribution in [0.3, 0.4) is 0 Å². The van der Waals surface area contributed by atoms with Gasteiger partial charge in [-0.2, -0.15) is 0 Å². The lowest BCUT2D eigenvalue weighted by Crippen LogP contribution is -2.13. The molecule has 0 aliphatic carbocycles. The van der Waals surface area contributed by atoms with Crippen molar-refractivity contribution in [2.45, 2.75) is 13.8 Å². The maximum absolute atomic E-state index is 11.6. The number of carbonyl (C=O) groups is 1. The summed E-state index contributed by atoms with van der Waals surface area (Å²) in [6.07, 6.45) is 0. The van der Waals surface area contributed by atoms with Crippen LogP contribution in [0.1, 0.15) is 17.4 Å². The summed E-state index contributed by atoms with van der Waals surface area (Å²) < 4.78 is 5.38. The van der Waals surface area contributed by atoms with Gasteiger partial charge in [-0.25, -0.2) is 4.79 Å². The zero-order valence-corrected chi connectivity index (χ0v) is 13.2. The molecular weight excluding hydrogens is 310 g/mol. The molecule has 0 aliphatic rings. The SMILES string of the molecule is C/C(=N/OC(=O)COc1ccc(Cl)cc1C)c1cccs1. The number of oxime groups is 1. The van der Waals surface area contributed by atoms with E-state index in [9.17, 15) is 4.79 Å². The van der Waals surface area contributed by atoms with Crippen molar-refractivity contribution in [3.8, 4) is 5.75 Å². The molecule has 110 valence electrons. The van der Waals surface area contributed by atoms with Gasteiger partial charge in [0.2, 0.25) is 0 Å². The largest absolute Gasteiger partial charge is 0.482 e. The van der Waals surface area contributed by atoms with Crippen LogP contribution in [0.25, 0.3) is 0 Å². The summed E-state index contributed by atoms with van der Waals surface area (Å²) in [4.78, 5) is 17.4. The fourth-order valence-electron chi connectivity index (χ4n) is 1.59. The summed E-state index contributed by atoms with van der Waals surface area (Å²) in [6, 6.07) is 9.00. The standard InChI is InChI=1S/C15H14ClNO3S/c1-10-8-12(16)5-6-13(10)19-9-15(18)20-17-11(2)14-4-3-7-21-14/h3-8H,9H2,1-2H3/b17-11-. The highest BCUT2D eigenvalue weighted by Crippen LogP contribution is 2.21. The highest BCUT2D eigenvalue weighted by Gasteiger charge is 2.07. The first kappa shape index (κ1) is 15.5.